The number of hydrogen-bond acceptors (Lipinski definition) is 5. The molecule has 3 saturated carbocycles. The second-order valence-corrected chi connectivity index (χ2v) is 10.00. The van der Waals surface area contributed by atoms with Crippen LogP contribution in [0.3, 0.4) is 0 Å². The standard InChI is InChI=1S/C22H28O6/c1-4-13-10-20-11-21(13,27-12(2)23)9-6-14(20)22-8-5-7-19(3,18(26)28-22)16(22)15(20)17(24)25/h5,7,13-16H,4,6,8-11H2,1-3H3,(H,24,25)/t13-,14+,15+,16+,19-,20-,21-,22+/m0/s1. The predicted molar refractivity (Wildman–Crippen MR) is 98.0 cm³/mol. The minimum atomic E-state index is -0.887. The number of aliphatic carboxylic acids is 1. The number of carbonyl (C=O) groups is 3. The van der Waals surface area contributed by atoms with Crippen LogP contribution in [-0.2, 0) is 23.9 Å². The quantitative estimate of drug-likeness (QED) is 0.590. The van der Waals surface area contributed by atoms with Gasteiger partial charge in [-0.15, -0.1) is 0 Å². The number of fused-ring (bicyclic) bond motifs is 1. The minimum absolute atomic E-state index is 0.00191. The summed E-state index contributed by atoms with van der Waals surface area (Å²) >= 11 is 0. The van der Waals surface area contributed by atoms with E-state index in [1.54, 1.807) is 0 Å². The Hall–Kier alpha value is -1.85. The highest BCUT2D eigenvalue weighted by Gasteiger charge is 2.83. The Morgan fingerprint density at radius 1 is 1.39 bits per heavy atom. The fraction of sp³-hybridized carbons (Fsp3) is 0.773. The van der Waals surface area contributed by atoms with Gasteiger partial charge in [0.15, 0.2) is 0 Å². The van der Waals surface area contributed by atoms with E-state index in [9.17, 15) is 19.5 Å². The zero-order chi connectivity index (χ0) is 20.1. The lowest BCUT2D eigenvalue weighted by molar-refractivity contribution is -0.173. The normalized spacial score (nSPS) is 52.8. The van der Waals surface area contributed by atoms with Gasteiger partial charge in [-0.05, 0) is 50.4 Å². The van der Waals surface area contributed by atoms with Crippen molar-refractivity contribution in [1.29, 1.82) is 0 Å². The Bertz CT molecular complexity index is 818. The smallest absolute Gasteiger partial charge is 0.316 e. The average molecular weight is 388 g/mol. The van der Waals surface area contributed by atoms with Crippen LogP contribution in [-0.4, -0.2) is 34.2 Å². The molecule has 4 bridgehead atoms. The van der Waals surface area contributed by atoms with Gasteiger partial charge in [-0.2, -0.15) is 0 Å². The van der Waals surface area contributed by atoms with Crippen molar-refractivity contribution >= 4 is 17.9 Å². The SMILES string of the molecule is CC[C@H]1C[C@]23C[C@@]1(OC(C)=O)CC[C@H]2[C@@]12CC=C[C@](C)(C(=O)O1)[C@H]2[C@@H]3C(=O)O. The maximum Gasteiger partial charge on any atom is 0.316 e. The Labute approximate surface area is 164 Å². The van der Waals surface area contributed by atoms with Gasteiger partial charge in [0.25, 0.3) is 0 Å². The molecule has 4 aliphatic carbocycles. The maximum atomic E-state index is 12.8. The van der Waals surface area contributed by atoms with Crippen molar-refractivity contribution < 1.29 is 29.0 Å². The van der Waals surface area contributed by atoms with Gasteiger partial charge >= 0.3 is 17.9 Å². The van der Waals surface area contributed by atoms with E-state index in [-0.39, 0.29) is 29.7 Å². The van der Waals surface area contributed by atoms with E-state index in [1.165, 1.54) is 6.92 Å². The van der Waals surface area contributed by atoms with Crippen LogP contribution < -0.4 is 0 Å². The summed E-state index contributed by atoms with van der Waals surface area (Å²) in [6.45, 7) is 5.37. The van der Waals surface area contributed by atoms with Crippen LogP contribution in [0.2, 0.25) is 0 Å². The van der Waals surface area contributed by atoms with E-state index in [1.807, 2.05) is 19.1 Å². The first kappa shape index (κ1) is 18.2. The molecule has 0 amide bonds. The van der Waals surface area contributed by atoms with E-state index in [4.69, 9.17) is 9.47 Å². The van der Waals surface area contributed by atoms with Crippen molar-refractivity contribution in [3.63, 3.8) is 0 Å². The van der Waals surface area contributed by atoms with Gasteiger partial charge in [-0.25, -0.2) is 0 Å². The number of rotatable bonds is 3. The molecule has 5 rings (SSSR count). The molecule has 6 heteroatoms. The average Bonchev–Trinajstić information content (AvgIpc) is 3.03. The number of carboxylic acids is 1. The monoisotopic (exact) mass is 388 g/mol. The van der Waals surface area contributed by atoms with E-state index in [0.29, 0.717) is 12.8 Å². The molecule has 0 unspecified atom stereocenters. The molecule has 1 spiro atoms. The molecule has 6 nitrogen and oxygen atoms in total. The molecule has 0 aromatic carbocycles. The summed E-state index contributed by atoms with van der Waals surface area (Å²) in [7, 11) is 0. The Morgan fingerprint density at radius 3 is 2.79 bits per heavy atom. The largest absolute Gasteiger partial charge is 0.481 e. The molecule has 8 atom stereocenters. The highest BCUT2D eigenvalue weighted by atomic mass is 16.6. The summed E-state index contributed by atoms with van der Waals surface area (Å²) in [4.78, 5) is 37.4. The van der Waals surface area contributed by atoms with Crippen molar-refractivity contribution in [2.75, 3.05) is 0 Å². The first-order chi connectivity index (χ1) is 13.2. The van der Waals surface area contributed by atoms with Crippen molar-refractivity contribution in [2.24, 2.45) is 34.5 Å². The summed E-state index contributed by atoms with van der Waals surface area (Å²) in [6.07, 6.45) is 8.08. The van der Waals surface area contributed by atoms with Crippen molar-refractivity contribution in [2.45, 2.75) is 70.5 Å². The third-order valence-corrected chi connectivity index (χ3v) is 8.99. The predicted octanol–water partition coefficient (Wildman–Crippen LogP) is 3.10. The third-order valence-electron chi connectivity index (χ3n) is 8.99. The molecule has 0 aromatic rings. The number of hydrogen-bond donors (Lipinski definition) is 1. The molecule has 1 aliphatic heterocycles. The van der Waals surface area contributed by atoms with E-state index >= 15 is 0 Å². The van der Waals surface area contributed by atoms with Crippen LogP contribution in [0.4, 0.5) is 0 Å². The van der Waals surface area contributed by atoms with Gasteiger partial charge in [0, 0.05) is 25.2 Å². The van der Waals surface area contributed by atoms with Gasteiger partial charge in [-0.3, -0.25) is 14.4 Å². The molecule has 1 saturated heterocycles. The zero-order valence-electron chi connectivity index (χ0n) is 16.7. The van der Waals surface area contributed by atoms with E-state index < -0.39 is 33.9 Å². The fourth-order valence-electron chi connectivity index (χ4n) is 8.40. The van der Waals surface area contributed by atoms with Crippen molar-refractivity contribution in [3.05, 3.63) is 12.2 Å². The first-order valence-electron chi connectivity index (χ1n) is 10.5. The molecule has 28 heavy (non-hydrogen) atoms. The summed E-state index contributed by atoms with van der Waals surface area (Å²) in [6, 6.07) is 0. The molecule has 4 fully saturated rings. The Morgan fingerprint density at radius 2 is 2.14 bits per heavy atom. The lowest BCUT2D eigenvalue weighted by Crippen LogP contribution is -2.49. The van der Waals surface area contributed by atoms with Gasteiger partial charge in [0.2, 0.25) is 0 Å². The van der Waals surface area contributed by atoms with Gasteiger partial charge < -0.3 is 14.6 Å². The Balaban J connectivity index is 1.69. The molecule has 152 valence electrons. The molecular formula is C22H28O6. The molecular weight excluding hydrogens is 360 g/mol. The second kappa shape index (κ2) is 5.19. The summed E-state index contributed by atoms with van der Waals surface area (Å²) in [5.74, 6) is -2.29. The molecule has 1 heterocycles. The first-order valence-corrected chi connectivity index (χ1v) is 10.5. The van der Waals surface area contributed by atoms with Crippen molar-refractivity contribution in [3.8, 4) is 0 Å². The number of carboxylic acid groups (broad SMARTS) is 1. The van der Waals surface area contributed by atoms with Gasteiger partial charge in [-0.1, -0.05) is 19.1 Å². The molecule has 1 N–H and O–H groups in total. The third kappa shape index (κ3) is 1.79. The molecule has 0 aromatic heterocycles. The molecule has 0 radical (unpaired) electrons. The minimum Gasteiger partial charge on any atom is -0.481 e. The Kier molecular flexibility index (Phi) is 3.37. The van der Waals surface area contributed by atoms with E-state index in [0.717, 1.165) is 25.7 Å². The lowest BCUT2D eigenvalue weighted by Gasteiger charge is -2.46. The fourth-order valence-corrected chi connectivity index (χ4v) is 8.40. The maximum absolute atomic E-state index is 12.8. The summed E-state index contributed by atoms with van der Waals surface area (Å²) in [5, 5.41) is 10.4. The lowest BCUT2D eigenvalue weighted by atomic mass is 9.62. The van der Waals surface area contributed by atoms with Crippen LogP contribution in [0, 0.1) is 34.5 Å². The summed E-state index contributed by atoms with van der Waals surface area (Å²) in [5.41, 5.74) is -2.68. The van der Waals surface area contributed by atoms with Gasteiger partial charge in [0.1, 0.15) is 11.2 Å². The van der Waals surface area contributed by atoms with Crippen LogP contribution in [0.1, 0.15) is 59.3 Å². The van der Waals surface area contributed by atoms with Crippen LogP contribution in [0.5, 0.6) is 0 Å². The van der Waals surface area contributed by atoms with Crippen LogP contribution in [0.25, 0.3) is 0 Å². The number of esters is 2. The zero-order valence-corrected chi connectivity index (χ0v) is 16.7. The van der Waals surface area contributed by atoms with E-state index in [2.05, 4.69) is 6.92 Å². The van der Waals surface area contributed by atoms with Gasteiger partial charge in [0.05, 0.1) is 11.3 Å². The topological polar surface area (TPSA) is 89.9 Å². The highest BCUT2D eigenvalue weighted by Crippen LogP contribution is 2.78. The highest BCUT2D eigenvalue weighted by molar-refractivity contribution is 5.86. The van der Waals surface area contributed by atoms with Crippen molar-refractivity contribution in [1.82, 2.24) is 0 Å². The number of carbonyl (C=O) groups excluding carboxylic acids is 2. The molecule has 5 aliphatic rings. The number of ether oxygens (including phenoxy) is 2. The van der Waals surface area contributed by atoms with Crippen LogP contribution >= 0.6 is 0 Å². The summed E-state index contributed by atoms with van der Waals surface area (Å²) < 4.78 is 12.0. The van der Waals surface area contributed by atoms with Crippen LogP contribution in [0.15, 0.2) is 12.2 Å². The second-order valence-electron chi connectivity index (χ2n) is 10.00.